The van der Waals surface area contributed by atoms with Gasteiger partial charge in [0.2, 0.25) is 0 Å². The summed E-state index contributed by atoms with van der Waals surface area (Å²) >= 11 is 0. The van der Waals surface area contributed by atoms with Crippen molar-refractivity contribution in [3.63, 3.8) is 0 Å². The summed E-state index contributed by atoms with van der Waals surface area (Å²) in [6.07, 6.45) is 0. The van der Waals surface area contributed by atoms with Crippen LogP contribution in [0, 0.1) is 11.6 Å². The van der Waals surface area contributed by atoms with Crippen molar-refractivity contribution in [2.24, 2.45) is 5.73 Å². The lowest BCUT2D eigenvalue weighted by molar-refractivity contribution is 0.593. The summed E-state index contributed by atoms with van der Waals surface area (Å²) in [5, 5.41) is 0. The molecule has 2 nitrogen and oxygen atoms in total. The van der Waals surface area contributed by atoms with Crippen LogP contribution in [0.1, 0.15) is 18.5 Å². The van der Waals surface area contributed by atoms with Crippen LogP contribution in [-0.4, -0.2) is 7.05 Å². The summed E-state index contributed by atoms with van der Waals surface area (Å²) in [6, 6.07) is 10.6. The number of hydrogen-bond donors (Lipinski definition) is 1. The Bertz CT molecular complexity index is 582. The van der Waals surface area contributed by atoms with Gasteiger partial charge in [0.25, 0.3) is 0 Å². The van der Waals surface area contributed by atoms with E-state index in [1.807, 2.05) is 0 Å². The second-order valence-electron chi connectivity index (χ2n) is 4.47. The van der Waals surface area contributed by atoms with Crippen LogP contribution in [0.25, 0.3) is 0 Å². The molecule has 0 radical (unpaired) electrons. The van der Waals surface area contributed by atoms with E-state index in [9.17, 15) is 8.78 Å². The van der Waals surface area contributed by atoms with Crippen molar-refractivity contribution in [3.8, 4) is 0 Å². The minimum absolute atomic E-state index is 0.357. The van der Waals surface area contributed by atoms with Crippen LogP contribution in [0.5, 0.6) is 0 Å². The van der Waals surface area contributed by atoms with E-state index in [0.29, 0.717) is 16.9 Å². The van der Waals surface area contributed by atoms with E-state index >= 15 is 0 Å². The molecule has 0 aliphatic heterocycles. The third kappa shape index (κ3) is 2.58. The van der Waals surface area contributed by atoms with Gasteiger partial charge >= 0.3 is 0 Å². The van der Waals surface area contributed by atoms with Crippen molar-refractivity contribution in [3.05, 3.63) is 59.7 Å². The molecule has 0 aliphatic carbocycles. The first kappa shape index (κ1) is 13.5. The second kappa shape index (κ2) is 5.36. The van der Waals surface area contributed by atoms with Gasteiger partial charge in [-0.15, -0.1) is 0 Å². The topological polar surface area (TPSA) is 29.3 Å². The van der Waals surface area contributed by atoms with Gasteiger partial charge < -0.3 is 10.6 Å². The molecular weight excluding hydrogens is 246 g/mol. The molecule has 1 atom stereocenters. The van der Waals surface area contributed by atoms with Crippen LogP contribution in [0.2, 0.25) is 0 Å². The summed E-state index contributed by atoms with van der Waals surface area (Å²) in [7, 11) is 1.69. The van der Waals surface area contributed by atoms with Gasteiger partial charge in [-0.3, -0.25) is 0 Å². The molecule has 2 N–H and O–H groups in total. The zero-order chi connectivity index (χ0) is 14.0. The number of hydrogen-bond acceptors (Lipinski definition) is 2. The number of anilines is 2. The Kier molecular flexibility index (Phi) is 3.81. The molecule has 2 aromatic carbocycles. The second-order valence-corrected chi connectivity index (χ2v) is 4.47. The predicted octanol–water partition coefficient (Wildman–Crippen LogP) is 3.75. The van der Waals surface area contributed by atoms with Crippen molar-refractivity contribution in [1.82, 2.24) is 0 Å². The van der Waals surface area contributed by atoms with Crippen LogP contribution < -0.4 is 10.6 Å². The van der Waals surface area contributed by atoms with Gasteiger partial charge in [0.1, 0.15) is 11.6 Å². The first-order chi connectivity index (χ1) is 9.02. The van der Waals surface area contributed by atoms with Gasteiger partial charge in [-0.2, -0.15) is 0 Å². The molecule has 0 saturated heterocycles. The molecular formula is C15H16F2N2. The summed E-state index contributed by atoms with van der Waals surface area (Å²) in [5.74, 6) is -0.736. The smallest absolute Gasteiger partial charge is 0.146 e. The highest BCUT2D eigenvalue weighted by molar-refractivity contribution is 5.67. The normalized spacial score (nSPS) is 12.3. The average molecular weight is 262 g/mol. The maximum atomic E-state index is 13.9. The van der Waals surface area contributed by atoms with E-state index in [0.717, 1.165) is 0 Å². The number of halogens is 2. The molecule has 0 spiro atoms. The van der Waals surface area contributed by atoms with E-state index in [4.69, 9.17) is 5.73 Å². The Labute approximate surface area is 111 Å². The van der Waals surface area contributed by atoms with Gasteiger partial charge in [0, 0.05) is 24.3 Å². The quantitative estimate of drug-likeness (QED) is 0.912. The minimum Gasteiger partial charge on any atom is -0.342 e. The molecule has 2 aromatic rings. The highest BCUT2D eigenvalue weighted by Crippen LogP contribution is 2.32. The van der Waals surface area contributed by atoms with Crippen molar-refractivity contribution in [1.29, 1.82) is 0 Å². The molecule has 2 rings (SSSR count). The van der Waals surface area contributed by atoms with E-state index < -0.39 is 6.04 Å². The molecule has 0 bridgehead atoms. The molecule has 0 aliphatic rings. The fraction of sp³-hybridized carbons (Fsp3) is 0.200. The maximum Gasteiger partial charge on any atom is 0.146 e. The Hall–Kier alpha value is -1.94. The van der Waals surface area contributed by atoms with Crippen molar-refractivity contribution in [2.45, 2.75) is 13.0 Å². The lowest BCUT2D eigenvalue weighted by Crippen LogP contribution is -2.18. The van der Waals surface area contributed by atoms with E-state index in [1.165, 1.54) is 12.1 Å². The largest absolute Gasteiger partial charge is 0.342 e. The van der Waals surface area contributed by atoms with Crippen LogP contribution >= 0.6 is 0 Å². The van der Waals surface area contributed by atoms with E-state index in [1.54, 1.807) is 49.2 Å². The third-order valence-electron chi connectivity index (χ3n) is 3.06. The lowest BCUT2D eigenvalue weighted by Gasteiger charge is -2.24. The lowest BCUT2D eigenvalue weighted by atomic mass is 10.0. The number of nitrogens with zero attached hydrogens (tertiary/aromatic N) is 1. The van der Waals surface area contributed by atoms with Gasteiger partial charge in [-0.1, -0.05) is 18.2 Å². The number of rotatable bonds is 3. The van der Waals surface area contributed by atoms with Gasteiger partial charge in [0.15, 0.2) is 0 Å². The molecule has 0 saturated carbocycles. The van der Waals surface area contributed by atoms with Gasteiger partial charge in [-0.25, -0.2) is 8.78 Å². The Morgan fingerprint density at radius 2 is 1.53 bits per heavy atom. The average Bonchev–Trinajstić information content (AvgIpc) is 2.37. The third-order valence-corrected chi connectivity index (χ3v) is 3.06. The standard InChI is InChI=1S/C15H16F2N2/c1-10(18)15-12(17)7-5-9-14(15)19(2)13-8-4-3-6-11(13)16/h3-10H,18H2,1-2H3. The Morgan fingerprint density at radius 1 is 0.947 bits per heavy atom. The molecule has 1 unspecified atom stereocenters. The van der Waals surface area contributed by atoms with Crippen LogP contribution in [0.3, 0.4) is 0 Å². The number of nitrogens with two attached hydrogens (primary N) is 1. The fourth-order valence-corrected chi connectivity index (χ4v) is 2.12. The SMILES string of the molecule is CC(N)c1c(F)cccc1N(C)c1ccccc1F. The molecule has 0 aromatic heterocycles. The number of benzene rings is 2. The molecule has 19 heavy (non-hydrogen) atoms. The summed E-state index contributed by atoms with van der Waals surface area (Å²) < 4.78 is 27.7. The van der Waals surface area contributed by atoms with Gasteiger partial charge in [0.05, 0.1) is 5.69 Å². The highest BCUT2D eigenvalue weighted by Gasteiger charge is 2.17. The van der Waals surface area contributed by atoms with Crippen LogP contribution in [0.15, 0.2) is 42.5 Å². The molecule has 4 heteroatoms. The summed E-state index contributed by atoms with van der Waals surface area (Å²) in [5.41, 5.74) is 7.15. The zero-order valence-corrected chi connectivity index (χ0v) is 10.9. The summed E-state index contributed by atoms with van der Waals surface area (Å²) in [6.45, 7) is 1.71. The Balaban J connectivity index is 2.54. The fourth-order valence-electron chi connectivity index (χ4n) is 2.12. The van der Waals surface area contributed by atoms with Crippen molar-refractivity contribution < 1.29 is 8.78 Å². The van der Waals surface area contributed by atoms with Gasteiger partial charge in [-0.05, 0) is 31.2 Å². The molecule has 0 amide bonds. The zero-order valence-electron chi connectivity index (χ0n) is 10.9. The van der Waals surface area contributed by atoms with E-state index in [2.05, 4.69) is 0 Å². The molecule has 0 heterocycles. The highest BCUT2D eigenvalue weighted by atomic mass is 19.1. The Morgan fingerprint density at radius 3 is 2.16 bits per heavy atom. The van der Waals surface area contributed by atoms with Crippen LogP contribution in [0.4, 0.5) is 20.2 Å². The van der Waals surface area contributed by atoms with Crippen molar-refractivity contribution >= 4 is 11.4 Å². The van der Waals surface area contributed by atoms with Crippen molar-refractivity contribution in [2.75, 3.05) is 11.9 Å². The predicted molar refractivity (Wildman–Crippen MR) is 73.5 cm³/mol. The first-order valence-corrected chi connectivity index (χ1v) is 6.04. The molecule has 100 valence electrons. The summed E-state index contributed by atoms with van der Waals surface area (Å²) in [4.78, 5) is 1.61. The number of para-hydroxylation sites is 1. The monoisotopic (exact) mass is 262 g/mol. The first-order valence-electron chi connectivity index (χ1n) is 6.04. The molecule has 0 fully saturated rings. The minimum atomic E-state index is -0.467. The van der Waals surface area contributed by atoms with E-state index in [-0.39, 0.29) is 11.6 Å². The maximum absolute atomic E-state index is 13.9. The van der Waals surface area contributed by atoms with Crippen LogP contribution in [-0.2, 0) is 0 Å².